The number of aryl methyl sites for hydroxylation is 1. The van der Waals surface area contributed by atoms with Crippen molar-refractivity contribution in [1.29, 1.82) is 0 Å². The van der Waals surface area contributed by atoms with Crippen molar-refractivity contribution in [3.8, 4) is 0 Å². The number of fused-ring (bicyclic) bond motifs is 1. The number of hydrogen-bond donors (Lipinski definition) is 0. The summed E-state index contributed by atoms with van der Waals surface area (Å²) in [5.74, 6) is -0.485. The molecule has 0 fully saturated rings. The van der Waals surface area contributed by atoms with Crippen molar-refractivity contribution in [1.82, 2.24) is 4.57 Å². The van der Waals surface area contributed by atoms with E-state index in [-0.39, 0.29) is 4.90 Å². The highest BCUT2D eigenvalue weighted by molar-refractivity contribution is 7.98. The van der Waals surface area contributed by atoms with Gasteiger partial charge in [-0.1, -0.05) is 11.3 Å². The van der Waals surface area contributed by atoms with Crippen molar-refractivity contribution in [2.24, 2.45) is 11.4 Å². The van der Waals surface area contributed by atoms with Gasteiger partial charge in [-0.25, -0.2) is 4.39 Å². The maximum Gasteiger partial charge on any atom is 0.285 e. The molecule has 0 aliphatic carbocycles. The molecule has 0 N–H and O–H groups in total. The van der Waals surface area contributed by atoms with Gasteiger partial charge in [0, 0.05) is 11.9 Å². The SMILES string of the molecule is CSc1ccc2c(c1)sc(=NS(=O)(=O)c1ccc(F)cc1)n2C. The number of rotatable bonds is 3. The predicted molar refractivity (Wildman–Crippen MR) is 91.7 cm³/mol. The molecule has 0 atom stereocenters. The molecule has 3 aromatic rings. The lowest BCUT2D eigenvalue weighted by Gasteiger charge is -1.99. The lowest BCUT2D eigenvalue weighted by Crippen LogP contribution is -2.13. The molecule has 2 aromatic carbocycles. The van der Waals surface area contributed by atoms with E-state index in [2.05, 4.69) is 4.40 Å². The maximum absolute atomic E-state index is 12.9. The van der Waals surface area contributed by atoms with Gasteiger partial charge in [-0.2, -0.15) is 8.42 Å². The van der Waals surface area contributed by atoms with E-state index in [0.717, 1.165) is 27.2 Å². The van der Waals surface area contributed by atoms with Gasteiger partial charge >= 0.3 is 0 Å². The fourth-order valence-electron chi connectivity index (χ4n) is 2.09. The largest absolute Gasteiger partial charge is 0.319 e. The number of aromatic nitrogens is 1. The van der Waals surface area contributed by atoms with Crippen molar-refractivity contribution in [2.45, 2.75) is 9.79 Å². The number of nitrogens with zero attached hydrogens (tertiary/aromatic N) is 2. The van der Waals surface area contributed by atoms with Crippen molar-refractivity contribution < 1.29 is 12.8 Å². The molecule has 0 amide bonds. The van der Waals surface area contributed by atoms with Crippen LogP contribution in [0.1, 0.15) is 0 Å². The first-order chi connectivity index (χ1) is 10.9. The van der Waals surface area contributed by atoms with Crippen LogP contribution in [0.5, 0.6) is 0 Å². The Morgan fingerprint density at radius 1 is 1.17 bits per heavy atom. The fourth-order valence-corrected chi connectivity index (χ4v) is 4.89. The van der Waals surface area contributed by atoms with E-state index in [4.69, 9.17) is 0 Å². The van der Waals surface area contributed by atoms with Crippen LogP contribution >= 0.6 is 23.1 Å². The average Bonchev–Trinajstić information content (AvgIpc) is 2.82. The Balaban J connectivity index is 2.16. The van der Waals surface area contributed by atoms with E-state index in [1.165, 1.54) is 23.5 Å². The Labute approximate surface area is 141 Å². The number of thioether (sulfide) groups is 1. The third kappa shape index (κ3) is 3.19. The number of thiazole rings is 1. The number of halogens is 1. The molecule has 0 saturated carbocycles. The van der Waals surface area contributed by atoms with Crippen LogP contribution in [0, 0.1) is 5.82 Å². The number of sulfonamides is 1. The third-order valence-electron chi connectivity index (χ3n) is 3.33. The average molecular weight is 368 g/mol. The van der Waals surface area contributed by atoms with Gasteiger partial charge in [-0.15, -0.1) is 16.2 Å². The van der Waals surface area contributed by atoms with Gasteiger partial charge in [-0.05, 0) is 48.7 Å². The summed E-state index contributed by atoms with van der Waals surface area (Å²) in [6, 6.07) is 10.6. The van der Waals surface area contributed by atoms with Crippen molar-refractivity contribution in [3.05, 3.63) is 53.1 Å². The number of hydrogen-bond acceptors (Lipinski definition) is 4. The molecule has 0 saturated heterocycles. The van der Waals surface area contributed by atoms with E-state index >= 15 is 0 Å². The number of benzene rings is 2. The van der Waals surface area contributed by atoms with E-state index < -0.39 is 15.8 Å². The smallest absolute Gasteiger partial charge is 0.285 e. The molecule has 4 nitrogen and oxygen atoms in total. The Morgan fingerprint density at radius 3 is 2.52 bits per heavy atom. The molecule has 1 aromatic heterocycles. The summed E-state index contributed by atoms with van der Waals surface area (Å²) in [6.07, 6.45) is 1.99. The van der Waals surface area contributed by atoms with E-state index in [1.807, 2.05) is 24.5 Å². The van der Waals surface area contributed by atoms with E-state index in [1.54, 1.807) is 23.4 Å². The van der Waals surface area contributed by atoms with Crippen LogP contribution in [0.4, 0.5) is 4.39 Å². The lowest BCUT2D eigenvalue weighted by molar-refractivity contribution is 0.595. The highest BCUT2D eigenvalue weighted by atomic mass is 32.2. The highest BCUT2D eigenvalue weighted by Crippen LogP contribution is 2.24. The lowest BCUT2D eigenvalue weighted by atomic mass is 10.3. The normalized spacial score (nSPS) is 12.9. The molecule has 0 bridgehead atoms. The molecule has 1 heterocycles. The molecule has 3 rings (SSSR count). The topological polar surface area (TPSA) is 51.4 Å². The van der Waals surface area contributed by atoms with Crippen LogP contribution in [-0.2, 0) is 17.1 Å². The summed E-state index contributed by atoms with van der Waals surface area (Å²) in [7, 11) is -2.10. The quantitative estimate of drug-likeness (QED) is 0.666. The summed E-state index contributed by atoms with van der Waals surface area (Å²) >= 11 is 2.93. The molecular weight excluding hydrogens is 355 g/mol. The van der Waals surface area contributed by atoms with Gasteiger partial charge in [0.05, 0.1) is 15.1 Å². The molecule has 0 unspecified atom stereocenters. The minimum absolute atomic E-state index is 0.0267. The summed E-state index contributed by atoms with van der Waals surface area (Å²) < 4.78 is 44.3. The van der Waals surface area contributed by atoms with Gasteiger partial charge in [0.2, 0.25) is 4.80 Å². The van der Waals surface area contributed by atoms with Gasteiger partial charge in [0.25, 0.3) is 10.0 Å². The second kappa shape index (κ2) is 6.10. The maximum atomic E-state index is 12.9. The molecular formula is C15H13FN2O2S3. The van der Waals surface area contributed by atoms with Crippen LogP contribution in [-0.4, -0.2) is 19.2 Å². The highest BCUT2D eigenvalue weighted by Gasteiger charge is 2.14. The Bertz CT molecular complexity index is 1030. The summed E-state index contributed by atoms with van der Waals surface area (Å²) in [5.41, 5.74) is 0.917. The predicted octanol–water partition coefficient (Wildman–Crippen LogP) is 3.39. The van der Waals surface area contributed by atoms with Crippen LogP contribution in [0.3, 0.4) is 0 Å². The van der Waals surface area contributed by atoms with Gasteiger partial charge in [0.15, 0.2) is 0 Å². The van der Waals surface area contributed by atoms with Crippen molar-refractivity contribution >= 4 is 43.3 Å². The first kappa shape index (κ1) is 16.2. The van der Waals surface area contributed by atoms with Crippen molar-refractivity contribution in [2.75, 3.05) is 6.26 Å². The molecule has 8 heteroatoms. The second-order valence-corrected chi connectivity index (χ2v) is 8.29. The zero-order valence-electron chi connectivity index (χ0n) is 12.4. The molecule has 120 valence electrons. The minimum Gasteiger partial charge on any atom is -0.319 e. The third-order valence-corrected chi connectivity index (χ3v) is 6.54. The van der Waals surface area contributed by atoms with Crippen LogP contribution in [0.15, 0.2) is 56.7 Å². The molecule has 0 spiro atoms. The first-order valence-corrected chi connectivity index (χ1v) is 10.1. The van der Waals surface area contributed by atoms with Crippen molar-refractivity contribution in [3.63, 3.8) is 0 Å². The molecule has 0 aliphatic rings. The molecule has 0 radical (unpaired) electrons. The van der Waals surface area contributed by atoms with Crippen LogP contribution < -0.4 is 4.80 Å². The summed E-state index contributed by atoms with van der Waals surface area (Å²) in [6.45, 7) is 0. The Hall–Kier alpha value is -1.64. The first-order valence-electron chi connectivity index (χ1n) is 6.61. The Kier molecular flexibility index (Phi) is 4.31. The van der Waals surface area contributed by atoms with E-state index in [9.17, 15) is 12.8 Å². The van der Waals surface area contributed by atoms with Crippen LogP contribution in [0.25, 0.3) is 10.2 Å². The fraction of sp³-hybridized carbons (Fsp3) is 0.133. The monoisotopic (exact) mass is 368 g/mol. The zero-order valence-corrected chi connectivity index (χ0v) is 14.8. The summed E-state index contributed by atoms with van der Waals surface area (Å²) in [5, 5.41) is 0. The molecule has 0 aliphatic heterocycles. The van der Waals surface area contributed by atoms with Gasteiger partial charge < -0.3 is 4.57 Å². The van der Waals surface area contributed by atoms with Gasteiger partial charge in [0.1, 0.15) is 5.82 Å². The second-order valence-electron chi connectivity index (χ2n) is 4.80. The minimum atomic E-state index is -3.87. The zero-order chi connectivity index (χ0) is 16.6. The Morgan fingerprint density at radius 2 is 1.87 bits per heavy atom. The standard InChI is InChI=1S/C15H13FN2O2S3/c1-18-13-8-5-11(21-2)9-14(13)22-15(18)17-23(19,20)12-6-3-10(16)4-7-12/h3-9H,1-2H3. The summed E-state index contributed by atoms with van der Waals surface area (Å²) in [4.78, 5) is 1.45. The van der Waals surface area contributed by atoms with Gasteiger partial charge in [-0.3, -0.25) is 0 Å². The molecule has 23 heavy (non-hydrogen) atoms. The van der Waals surface area contributed by atoms with Crippen LogP contribution in [0.2, 0.25) is 0 Å². The van der Waals surface area contributed by atoms with E-state index in [0.29, 0.717) is 4.80 Å².